The first kappa shape index (κ1) is 15.2. The minimum Gasteiger partial charge on any atom is -0.358 e. The standard InChI is InChI=1S/C17H14N2O3S/c1-13-8-10-14(11-9-13)23(20,21)22-17-7-4-6-16(19-17)15-5-2-3-12-18-15/h2-12H,1H3. The van der Waals surface area contributed by atoms with Gasteiger partial charge in [0, 0.05) is 12.3 Å². The van der Waals surface area contributed by atoms with E-state index < -0.39 is 10.1 Å². The van der Waals surface area contributed by atoms with Gasteiger partial charge in [-0.05, 0) is 37.3 Å². The number of pyridine rings is 2. The van der Waals surface area contributed by atoms with E-state index in [4.69, 9.17) is 4.18 Å². The molecular formula is C17H14N2O3S. The first-order valence-electron chi connectivity index (χ1n) is 6.94. The largest absolute Gasteiger partial charge is 0.358 e. The van der Waals surface area contributed by atoms with Crippen molar-refractivity contribution in [2.45, 2.75) is 11.8 Å². The third-order valence-corrected chi connectivity index (χ3v) is 4.40. The maximum absolute atomic E-state index is 12.3. The molecule has 0 aliphatic heterocycles. The summed E-state index contributed by atoms with van der Waals surface area (Å²) in [5.41, 5.74) is 2.16. The lowest BCUT2D eigenvalue weighted by Gasteiger charge is -2.07. The van der Waals surface area contributed by atoms with E-state index >= 15 is 0 Å². The molecule has 0 aliphatic rings. The summed E-state index contributed by atoms with van der Waals surface area (Å²) in [5.74, 6) is 0.00808. The van der Waals surface area contributed by atoms with Crippen LogP contribution in [0.5, 0.6) is 5.88 Å². The van der Waals surface area contributed by atoms with E-state index in [1.165, 1.54) is 18.2 Å². The number of hydrogen-bond donors (Lipinski definition) is 0. The number of aryl methyl sites for hydroxylation is 1. The molecule has 0 amide bonds. The Kier molecular flexibility index (Phi) is 4.08. The van der Waals surface area contributed by atoms with Crippen LogP contribution in [0.2, 0.25) is 0 Å². The number of rotatable bonds is 4. The summed E-state index contributed by atoms with van der Waals surface area (Å²) >= 11 is 0. The summed E-state index contributed by atoms with van der Waals surface area (Å²) in [4.78, 5) is 8.49. The summed E-state index contributed by atoms with van der Waals surface area (Å²) in [6.07, 6.45) is 1.65. The maximum Gasteiger partial charge on any atom is 0.340 e. The summed E-state index contributed by atoms with van der Waals surface area (Å²) in [6.45, 7) is 1.88. The smallest absolute Gasteiger partial charge is 0.340 e. The highest BCUT2D eigenvalue weighted by Crippen LogP contribution is 2.21. The van der Waals surface area contributed by atoms with Crippen LogP contribution in [0.4, 0.5) is 0 Å². The second-order valence-corrected chi connectivity index (χ2v) is 6.47. The molecule has 6 heteroatoms. The maximum atomic E-state index is 12.3. The third kappa shape index (κ3) is 3.54. The monoisotopic (exact) mass is 326 g/mol. The lowest BCUT2D eigenvalue weighted by atomic mass is 10.2. The Bertz CT molecular complexity index is 908. The Morgan fingerprint density at radius 3 is 2.30 bits per heavy atom. The second kappa shape index (κ2) is 6.18. The predicted molar refractivity (Wildman–Crippen MR) is 86.5 cm³/mol. The minimum absolute atomic E-state index is 0.00808. The molecule has 0 atom stereocenters. The topological polar surface area (TPSA) is 69.2 Å². The van der Waals surface area contributed by atoms with Crippen molar-refractivity contribution in [3.8, 4) is 17.3 Å². The zero-order valence-corrected chi connectivity index (χ0v) is 13.2. The summed E-state index contributed by atoms with van der Waals surface area (Å²) in [6, 6.07) is 16.8. The molecule has 1 aromatic carbocycles. The summed E-state index contributed by atoms with van der Waals surface area (Å²) < 4.78 is 29.7. The van der Waals surface area contributed by atoms with Gasteiger partial charge in [-0.1, -0.05) is 29.8 Å². The van der Waals surface area contributed by atoms with Gasteiger partial charge in [0.05, 0.1) is 11.4 Å². The summed E-state index contributed by atoms with van der Waals surface area (Å²) in [7, 11) is -3.91. The van der Waals surface area contributed by atoms with Crippen LogP contribution < -0.4 is 4.18 Å². The molecule has 0 radical (unpaired) electrons. The number of benzene rings is 1. The SMILES string of the molecule is Cc1ccc(S(=O)(=O)Oc2cccc(-c3ccccn3)n2)cc1. The molecule has 0 N–H and O–H groups in total. The molecule has 0 saturated carbocycles. The highest BCUT2D eigenvalue weighted by Gasteiger charge is 2.17. The zero-order valence-electron chi connectivity index (χ0n) is 12.4. The molecule has 0 unspecified atom stereocenters. The molecule has 3 aromatic rings. The molecular weight excluding hydrogens is 312 g/mol. The molecule has 0 fully saturated rings. The van der Waals surface area contributed by atoms with Crippen molar-refractivity contribution in [3.63, 3.8) is 0 Å². The van der Waals surface area contributed by atoms with Crippen LogP contribution in [-0.4, -0.2) is 18.4 Å². The van der Waals surface area contributed by atoms with E-state index in [9.17, 15) is 8.42 Å². The number of aromatic nitrogens is 2. The van der Waals surface area contributed by atoms with Gasteiger partial charge in [-0.15, -0.1) is 0 Å². The minimum atomic E-state index is -3.91. The molecule has 3 rings (SSSR count). The van der Waals surface area contributed by atoms with Crippen molar-refractivity contribution in [3.05, 3.63) is 72.4 Å². The van der Waals surface area contributed by atoms with Gasteiger partial charge in [0.25, 0.3) is 0 Å². The fourth-order valence-corrected chi connectivity index (χ4v) is 2.87. The van der Waals surface area contributed by atoms with Crippen molar-refractivity contribution < 1.29 is 12.6 Å². The molecule has 116 valence electrons. The van der Waals surface area contributed by atoms with Gasteiger partial charge >= 0.3 is 10.1 Å². The average molecular weight is 326 g/mol. The Balaban J connectivity index is 1.90. The molecule has 0 bridgehead atoms. The van der Waals surface area contributed by atoms with Gasteiger partial charge in [-0.25, -0.2) is 4.98 Å². The quantitative estimate of drug-likeness (QED) is 0.689. The first-order valence-corrected chi connectivity index (χ1v) is 8.35. The van der Waals surface area contributed by atoms with Crippen molar-refractivity contribution in [2.75, 3.05) is 0 Å². The van der Waals surface area contributed by atoms with E-state index in [0.717, 1.165) is 5.56 Å². The molecule has 5 nitrogen and oxygen atoms in total. The van der Waals surface area contributed by atoms with Gasteiger partial charge in [-0.3, -0.25) is 4.98 Å². The molecule has 23 heavy (non-hydrogen) atoms. The van der Waals surface area contributed by atoms with Gasteiger partial charge in [0.2, 0.25) is 5.88 Å². The van der Waals surface area contributed by atoms with Crippen molar-refractivity contribution in [1.29, 1.82) is 0 Å². The third-order valence-electron chi connectivity index (χ3n) is 3.16. The predicted octanol–water partition coefficient (Wildman–Crippen LogP) is 3.22. The lowest BCUT2D eigenvalue weighted by Crippen LogP contribution is -2.10. The van der Waals surface area contributed by atoms with E-state index in [1.807, 2.05) is 13.0 Å². The zero-order chi connectivity index (χ0) is 16.3. The first-order chi connectivity index (χ1) is 11.0. The Morgan fingerprint density at radius 2 is 1.61 bits per heavy atom. The summed E-state index contributed by atoms with van der Waals surface area (Å²) in [5, 5.41) is 0. The van der Waals surface area contributed by atoms with Gasteiger partial charge in [0.1, 0.15) is 4.90 Å². The van der Waals surface area contributed by atoms with Crippen LogP contribution in [-0.2, 0) is 10.1 Å². The van der Waals surface area contributed by atoms with Gasteiger partial charge in [-0.2, -0.15) is 8.42 Å². The molecule has 0 spiro atoms. The van der Waals surface area contributed by atoms with E-state index in [1.54, 1.807) is 42.6 Å². The van der Waals surface area contributed by atoms with Gasteiger partial charge < -0.3 is 4.18 Å². The molecule has 0 saturated heterocycles. The van der Waals surface area contributed by atoms with E-state index in [0.29, 0.717) is 11.4 Å². The Labute approximate surface area is 134 Å². The highest BCUT2D eigenvalue weighted by atomic mass is 32.2. The highest BCUT2D eigenvalue weighted by molar-refractivity contribution is 7.87. The van der Waals surface area contributed by atoms with Crippen LogP contribution >= 0.6 is 0 Å². The van der Waals surface area contributed by atoms with Crippen LogP contribution in [0.3, 0.4) is 0 Å². The molecule has 0 aliphatic carbocycles. The van der Waals surface area contributed by atoms with Crippen molar-refractivity contribution in [1.82, 2.24) is 9.97 Å². The van der Waals surface area contributed by atoms with E-state index in [2.05, 4.69) is 9.97 Å². The molecule has 2 heterocycles. The van der Waals surface area contributed by atoms with E-state index in [-0.39, 0.29) is 10.8 Å². The van der Waals surface area contributed by atoms with Crippen LogP contribution in [0.15, 0.2) is 71.8 Å². The Morgan fingerprint density at radius 1 is 0.870 bits per heavy atom. The number of hydrogen-bond acceptors (Lipinski definition) is 5. The Hall–Kier alpha value is -2.73. The average Bonchev–Trinajstić information content (AvgIpc) is 2.56. The van der Waals surface area contributed by atoms with Crippen LogP contribution in [0.25, 0.3) is 11.4 Å². The van der Waals surface area contributed by atoms with Crippen molar-refractivity contribution >= 4 is 10.1 Å². The second-order valence-electron chi connectivity index (χ2n) is 4.93. The van der Waals surface area contributed by atoms with Crippen molar-refractivity contribution in [2.24, 2.45) is 0 Å². The fourth-order valence-electron chi connectivity index (χ4n) is 1.98. The fraction of sp³-hybridized carbons (Fsp3) is 0.0588. The van der Waals surface area contributed by atoms with Crippen LogP contribution in [0.1, 0.15) is 5.56 Å². The van der Waals surface area contributed by atoms with Crippen LogP contribution in [0, 0.1) is 6.92 Å². The normalized spacial score (nSPS) is 11.2. The van der Waals surface area contributed by atoms with Gasteiger partial charge in [0.15, 0.2) is 0 Å². The number of nitrogens with zero attached hydrogens (tertiary/aromatic N) is 2. The molecule has 2 aromatic heterocycles. The lowest BCUT2D eigenvalue weighted by molar-refractivity contribution is 0.476.